The van der Waals surface area contributed by atoms with Crippen molar-refractivity contribution in [2.24, 2.45) is 0 Å². The van der Waals surface area contributed by atoms with Crippen LogP contribution in [-0.4, -0.2) is 9.13 Å². The molecule has 8 aromatic carbocycles. The van der Waals surface area contributed by atoms with Crippen molar-refractivity contribution < 1.29 is 0 Å². The van der Waals surface area contributed by atoms with Crippen LogP contribution in [0.5, 0.6) is 0 Å². The van der Waals surface area contributed by atoms with Gasteiger partial charge in [0.05, 0.1) is 27.8 Å². The van der Waals surface area contributed by atoms with E-state index in [2.05, 4.69) is 191 Å². The van der Waals surface area contributed by atoms with Crippen LogP contribution in [0, 0.1) is 0 Å². The summed E-state index contributed by atoms with van der Waals surface area (Å²) in [6, 6.07) is 66.6. The van der Waals surface area contributed by atoms with Crippen LogP contribution >= 0.6 is 11.3 Å². The summed E-state index contributed by atoms with van der Waals surface area (Å²) >= 11 is 1.89. The van der Waals surface area contributed by atoms with Crippen LogP contribution in [0.2, 0.25) is 0 Å². The Kier molecular flexibility index (Phi) is 6.16. The summed E-state index contributed by atoms with van der Waals surface area (Å²) in [5.74, 6) is 0. The zero-order chi connectivity index (χ0) is 33.5. The molecule has 0 saturated carbocycles. The standard InChI is InChI=1S/C48H30N2S/c1-2-14-32(15-3-1)49-41-23-8-4-16-34(41)36-29-28-31(30-45(36)49)33-20-13-26-44-47(33)40-19-6-10-25-43(40)50(44)42-24-9-5-17-35(42)38-21-12-22-39-37-18-7-11-27-46(37)51-48(38)39/h1-30H. The Hall–Kier alpha value is -6.42. The van der Waals surface area contributed by atoms with Gasteiger partial charge >= 0.3 is 0 Å². The van der Waals surface area contributed by atoms with Crippen LogP contribution in [0.3, 0.4) is 0 Å². The summed E-state index contributed by atoms with van der Waals surface area (Å²) in [5, 5.41) is 7.68. The highest BCUT2D eigenvalue weighted by Gasteiger charge is 2.21. The lowest BCUT2D eigenvalue weighted by atomic mass is 9.98. The van der Waals surface area contributed by atoms with Gasteiger partial charge in [-0.1, -0.05) is 133 Å². The van der Waals surface area contributed by atoms with E-state index >= 15 is 0 Å². The third kappa shape index (κ3) is 4.16. The molecule has 0 saturated heterocycles. The van der Waals surface area contributed by atoms with E-state index in [1.165, 1.54) is 97.4 Å². The molecule has 0 unspecified atom stereocenters. The number of benzene rings is 8. The van der Waals surface area contributed by atoms with Gasteiger partial charge in [-0.25, -0.2) is 0 Å². The predicted molar refractivity (Wildman–Crippen MR) is 219 cm³/mol. The molecule has 0 spiro atoms. The van der Waals surface area contributed by atoms with Gasteiger partial charge < -0.3 is 9.13 Å². The van der Waals surface area contributed by atoms with E-state index in [1.807, 2.05) is 11.3 Å². The van der Waals surface area contributed by atoms with Gasteiger partial charge in [-0.3, -0.25) is 0 Å². The lowest BCUT2D eigenvalue weighted by Gasteiger charge is -2.15. The molecule has 0 N–H and O–H groups in total. The molecule has 0 fully saturated rings. The average Bonchev–Trinajstić information content (AvgIpc) is 3.86. The van der Waals surface area contributed by atoms with Crippen molar-refractivity contribution in [2.75, 3.05) is 0 Å². The van der Waals surface area contributed by atoms with E-state index in [4.69, 9.17) is 0 Å². The van der Waals surface area contributed by atoms with Crippen LogP contribution in [0.1, 0.15) is 0 Å². The Morgan fingerprint density at radius 3 is 1.84 bits per heavy atom. The van der Waals surface area contributed by atoms with Gasteiger partial charge in [0, 0.05) is 58.5 Å². The minimum absolute atomic E-state index is 1.17. The Balaban J connectivity index is 1.18. The third-order valence-electron chi connectivity index (χ3n) is 10.5. The summed E-state index contributed by atoms with van der Waals surface area (Å²) in [6.45, 7) is 0. The molecule has 2 nitrogen and oxygen atoms in total. The van der Waals surface area contributed by atoms with E-state index in [0.717, 1.165) is 0 Å². The largest absolute Gasteiger partial charge is 0.309 e. The van der Waals surface area contributed by atoms with Crippen LogP contribution < -0.4 is 0 Å². The Labute approximate surface area is 298 Å². The fourth-order valence-corrected chi connectivity index (χ4v) is 9.60. The molecule has 0 aliphatic carbocycles. The minimum Gasteiger partial charge on any atom is -0.309 e. The molecular weight excluding hydrogens is 637 g/mol. The molecule has 11 rings (SSSR count). The monoisotopic (exact) mass is 666 g/mol. The molecule has 0 atom stereocenters. The third-order valence-corrected chi connectivity index (χ3v) is 11.8. The number of rotatable bonds is 4. The normalized spacial score (nSPS) is 11.9. The number of hydrogen-bond donors (Lipinski definition) is 0. The van der Waals surface area contributed by atoms with Crippen LogP contribution in [-0.2, 0) is 0 Å². The number of aromatic nitrogens is 2. The maximum Gasteiger partial charge on any atom is 0.0547 e. The highest BCUT2D eigenvalue weighted by molar-refractivity contribution is 7.26. The predicted octanol–water partition coefficient (Wildman–Crippen LogP) is 13.6. The zero-order valence-corrected chi connectivity index (χ0v) is 28.4. The van der Waals surface area contributed by atoms with Gasteiger partial charge in [-0.05, 0) is 59.7 Å². The Morgan fingerprint density at radius 2 is 0.961 bits per heavy atom. The van der Waals surface area contributed by atoms with Crippen molar-refractivity contribution in [2.45, 2.75) is 0 Å². The molecule has 0 aliphatic heterocycles. The second-order valence-electron chi connectivity index (χ2n) is 13.3. The van der Waals surface area contributed by atoms with Gasteiger partial charge in [0.25, 0.3) is 0 Å². The zero-order valence-electron chi connectivity index (χ0n) is 27.6. The van der Waals surface area contributed by atoms with Gasteiger partial charge in [0.15, 0.2) is 0 Å². The number of hydrogen-bond acceptors (Lipinski definition) is 1. The molecule has 3 heteroatoms. The quantitative estimate of drug-likeness (QED) is 0.177. The first-order valence-electron chi connectivity index (χ1n) is 17.4. The molecule has 11 aromatic rings. The summed E-state index contributed by atoms with van der Waals surface area (Å²) in [4.78, 5) is 0. The van der Waals surface area contributed by atoms with Gasteiger partial charge in [-0.15, -0.1) is 11.3 Å². The topological polar surface area (TPSA) is 9.86 Å². The Morgan fingerprint density at radius 1 is 0.353 bits per heavy atom. The highest BCUT2D eigenvalue weighted by Crippen LogP contribution is 2.45. The molecule has 0 aliphatic rings. The molecular formula is C48H30N2S. The lowest BCUT2D eigenvalue weighted by Crippen LogP contribution is -1.97. The van der Waals surface area contributed by atoms with Crippen molar-refractivity contribution in [1.29, 1.82) is 0 Å². The van der Waals surface area contributed by atoms with Crippen LogP contribution in [0.25, 0.3) is 97.4 Å². The molecule has 3 aromatic heterocycles. The average molecular weight is 667 g/mol. The fourth-order valence-electron chi connectivity index (χ4n) is 8.37. The first-order chi connectivity index (χ1) is 25.3. The lowest BCUT2D eigenvalue weighted by molar-refractivity contribution is 1.18. The summed E-state index contributed by atoms with van der Waals surface area (Å²) in [7, 11) is 0. The van der Waals surface area contributed by atoms with E-state index in [0.29, 0.717) is 0 Å². The van der Waals surface area contributed by atoms with E-state index in [9.17, 15) is 0 Å². The smallest absolute Gasteiger partial charge is 0.0547 e. The van der Waals surface area contributed by atoms with E-state index in [-0.39, 0.29) is 0 Å². The number of fused-ring (bicyclic) bond motifs is 9. The highest BCUT2D eigenvalue weighted by atomic mass is 32.1. The maximum absolute atomic E-state index is 2.48. The molecule has 0 radical (unpaired) electrons. The maximum atomic E-state index is 2.48. The minimum atomic E-state index is 1.17. The number of nitrogens with zero attached hydrogens (tertiary/aromatic N) is 2. The van der Waals surface area contributed by atoms with Crippen molar-refractivity contribution >= 4 is 75.1 Å². The molecule has 0 bridgehead atoms. The van der Waals surface area contributed by atoms with Crippen molar-refractivity contribution in [1.82, 2.24) is 9.13 Å². The van der Waals surface area contributed by atoms with E-state index in [1.54, 1.807) is 0 Å². The van der Waals surface area contributed by atoms with Crippen LogP contribution in [0.4, 0.5) is 0 Å². The first kappa shape index (κ1) is 28.4. The summed E-state index contributed by atoms with van der Waals surface area (Å²) < 4.78 is 7.54. The van der Waals surface area contributed by atoms with Crippen molar-refractivity contribution in [3.63, 3.8) is 0 Å². The second-order valence-corrected chi connectivity index (χ2v) is 14.3. The number of thiophene rings is 1. The van der Waals surface area contributed by atoms with Gasteiger partial charge in [0.1, 0.15) is 0 Å². The molecule has 3 heterocycles. The summed E-state index contributed by atoms with van der Waals surface area (Å²) in [5.41, 5.74) is 12.1. The fraction of sp³-hybridized carbons (Fsp3) is 0. The first-order valence-corrected chi connectivity index (χ1v) is 18.3. The SMILES string of the molecule is c1ccc(-n2c3ccccc3c3ccc(-c4cccc5c4c4ccccc4n5-c4ccccc4-c4cccc5c4sc4ccccc45)cc32)cc1. The van der Waals surface area contributed by atoms with Crippen LogP contribution in [0.15, 0.2) is 182 Å². The molecule has 238 valence electrons. The van der Waals surface area contributed by atoms with Crippen molar-refractivity contribution in [3.8, 4) is 33.6 Å². The Bertz CT molecular complexity index is 3140. The van der Waals surface area contributed by atoms with Gasteiger partial charge in [-0.2, -0.15) is 0 Å². The van der Waals surface area contributed by atoms with Gasteiger partial charge in [0.2, 0.25) is 0 Å². The molecule has 0 amide bonds. The molecule has 51 heavy (non-hydrogen) atoms. The van der Waals surface area contributed by atoms with E-state index < -0.39 is 0 Å². The number of para-hydroxylation sites is 4. The van der Waals surface area contributed by atoms with Crippen molar-refractivity contribution in [3.05, 3.63) is 182 Å². The summed E-state index contributed by atoms with van der Waals surface area (Å²) in [6.07, 6.45) is 0. The second kappa shape index (κ2) is 11.0.